The number of nitrogens with one attached hydrogen (secondary N) is 1. The van der Waals surface area contributed by atoms with Crippen LogP contribution in [0.3, 0.4) is 0 Å². The lowest BCUT2D eigenvalue weighted by molar-refractivity contribution is 0.0486. The maximum Gasteiger partial charge on any atom is 0.256 e. The minimum absolute atomic E-state index is 0.195. The van der Waals surface area contributed by atoms with Crippen LogP contribution in [0.1, 0.15) is 28.8 Å². The predicted octanol–water partition coefficient (Wildman–Crippen LogP) is 3.60. The van der Waals surface area contributed by atoms with E-state index in [-0.39, 0.29) is 18.1 Å². The molecule has 1 amide bonds. The summed E-state index contributed by atoms with van der Waals surface area (Å²) in [4.78, 5) is 17.7. The third-order valence-electron chi connectivity index (χ3n) is 6.74. The van der Waals surface area contributed by atoms with Crippen LogP contribution in [0.2, 0.25) is 0 Å². The van der Waals surface area contributed by atoms with Gasteiger partial charge in [0.2, 0.25) is 6.79 Å². The van der Waals surface area contributed by atoms with E-state index in [2.05, 4.69) is 21.5 Å². The third kappa shape index (κ3) is 3.56. The molecule has 1 saturated heterocycles. The monoisotopic (exact) mass is 456 g/mol. The Labute approximate surface area is 196 Å². The fourth-order valence-corrected chi connectivity index (χ4v) is 4.78. The van der Waals surface area contributed by atoms with Crippen molar-refractivity contribution in [1.82, 2.24) is 19.9 Å². The SMILES string of the molecule is O=C(NCC1(c2ccc3c(c2)OCO3)CCOCC1)c1cnn2c(-c3ccccc3)ccnc12. The van der Waals surface area contributed by atoms with Gasteiger partial charge in [-0.05, 0) is 36.6 Å². The first kappa shape index (κ1) is 20.7. The van der Waals surface area contributed by atoms with Gasteiger partial charge >= 0.3 is 0 Å². The van der Waals surface area contributed by atoms with Gasteiger partial charge < -0.3 is 19.5 Å². The number of rotatable bonds is 5. The van der Waals surface area contributed by atoms with E-state index < -0.39 is 0 Å². The number of nitrogens with zero attached hydrogens (tertiary/aromatic N) is 3. The Morgan fingerprint density at radius 3 is 2.71 bits per heavy atom. The minimum Gasteiger partial charge on any atom is -0.454 e. The zero-order valence-corrected chi connectivity index (χ0v) is 18.6. The molecule has 2 aliphatic heterocycles. The molecule has 6 rings (SSSR count). The van der Waals surface area contributed by atoms with E-state index in [1.807, 2.05) is 48.5 Å². The standard InChI is InChI=1S/C26H24N4O4/c31-25(20-15-29-30-21(8-11-27-24(20)30)18-4-2-1-3-5-18)28-16-26(9-12-32-13-10-26)19-6-7-22-23(14-19)34-17-33-22/h1-8,11,14-15H,9-10,12-13,16-17H2,(H,28,31). The van der Waals surface area contributed by atoms with Crippen LogP contribution in [0.4, 0.5) is 0 Å². The highest BCUT2D eigenvalue weighted by Gasteiger charge is 2.36. The minimum atomic E-state index is -0.250. The van der Waals surface area contributed by atoms with Crippen molar-refractivity contribution in [3.63, 3.8) is 0 Å². The van der Waals surface area contributed by atoms with Crippen molar-refractivity contribution in [2.75, 3.05) is 26.6 Å². The van der Waals surface area contributed by atoms with Crippen LogP contribution in [0.5, 0.6) is 11.5 Å². The number of hydrogen-bond acceptors (Lipinski definition) is 6. The van der Waals surface area contributed by atoms with Crippen molar-refractivity contribution in [2.45, 2.75) is 18.3 Å². The van der Waals surface area contributed by atoms with Crippen LogP contribution in [0.15, 0.2) is 67.0 Å². The van der Waals surface area contributed by atoms with Gasteiger partial charge in [0, 0.05) is 36.9 Å². The van der Waals surface area contributed by atoms with Crippen molar-refractivity contribution >= 4 is 11.6 Å². The zero-order chi connectivity index (χ0) is 23.0. The van der Waals surface area contributed by atoms with Gasteiger partial charge in [-0.15, -0.1) is 0 Å². The van der Waals surface area contributed by atoms with Crippen LogP contribution >= 0.6 is 0 Å². The topological polar surface area (TPSA) is 87.0 Å². The van der Waals surface area contributed by atoms with E-state index in [9.17, 15) is 4.79 Å². The molecule has 4 aromatic rings. The quantitative estimate of drug-likeness (QED) is 0.494. The molecule has 0 aliphatic carbocycles. The molecule has 2 aromatic carbocycles. The second kappa shape index (κ2) is 8.46. The first-order valence-electron chi connectivity index (χ1n) is 11.4. The molecule has 1 N–H and O–H groups in total. The first-order valence-corrected chi connectivity index (χ1v) is 11.4. The van der Waals surface area contributed by atoms with Gasteiger partial charge in [-0.25, -0.2) is 9.50 Å². The molecule has 0 saturated carbocycles. The molecule has 4 heterocycles. The van der Waals surface area contributed by atoms with Crippen molar-refractivity contribution in [3.8, 4) is 22.8 Å². The Balaban J connectivity index is 1.28. The lowest BCUT2D eigenvalue weighted by Crippen LogP contribution is -2.44. The van der Waals surface area contributed by atoms with Gasteiger partial charge in [0.1, 0.15) is 5.56 Å². The normalized spacial score (nSPS) is 16.5. The number of ether oxygens (including phenoxy) is 3. The first-order chi connectivity index (χ1) is 16.7. The zero-order valence-electron chi connectivity index (χ0n) is 18.6. The highest BCUT2D eigenvalue weighted by molar-refractivity contribution is 6.00. The molecular formula is C26H24N4O4. The summed E-state index contributed by atoms with van der Waals surface area (Å²) in [7, 11) is 0. The van der Waals surface area contributed by atoms with Gasteiger partial charge in [0.05, 0.1) is 11.9 Å². The molecule has 0 bridgehead atoms. The number of fused-ring (bicyclic) bond motifs is 2. The molecule has 0 unspecified atom stereocenters. The van der Waals surface area contributed by atoms with Crippen LogP contribution < -0.4 is 14.8 Å². The van der Waals surface area contributed by atoms with E-state index >= 15 is 0 Å². The number of benzene rings is 2. The number of aromatic nitrogens is 3. The van der Waals surface area contributed by atoms with Gasteiger partial charge in [-0.1, -0.05) is 36.4 Å². The molecule has 1 fully saturated rings. The third-order valence-corrected chi connectivity index (χ3v) is 6.74. The maximum atomic E-state index is 13.3. The van der Waals surface area contributed by atoms with Crippen molar-refractivity contribution in [3.05, 3.63) is 78.1 Å². The molecule has 2 aromatic heterocycles. The van der Waals surface area contributed by atoms with Crippen LogP contribution in [-0.2, 0) is 10.2 Å². The van der Waals surface area contributed by atoms with Crippen molar-refractivity contribution in [2.24, 2.45) is 0 Å². The second-order valence-electron chi connectivity index (χ2n) is 8.63. The molecule has 34 heavy (non-hydrogen) atoms. The fraction of sp³-hybridized carbons (Fsp3) is 0.269. The molecule has 0 spiro atoms. The number of carbonyl (C=O) groups is 1. The Kier molecular flexibility index (Phi) is 5.15. The molecule has 172 valence electrons. The molecule has 8 nitrogen and oxygen atoms in total. The molecule has 8 heteroatoms. The molecule has 0 radical (unpaired) electrons. The van der Waals surface area contributed by atoms with E-state index in [4.69, 9.17) is 14.2 Å². The molecule has 0 atom stereocenters. The largest absolute Gasteiger partial charge is 0.454 e. The summed E-state index contributed by atoms with van der Waals surface area (Å²) in [5.74, 6) is 1.30. The van der Waals surface area contributed by atoms with Gasteiger partial charge in [-0.2, -0.15) is 5.10 Å². The average molecular weight is 457 g/mol. The highest BCUT2D eigenvalue weighted by atomic mass is 16.7. The molecule has 2 aliphatic rings. The van der Waals surface area contributed by atoms with Gasteiger partial charge in [-0.3, -0.25) is 4.79 Å². The van der Waals surface area contributed by atoms with E-state index in [1.165, 1.54) is 0 Å². The van der Waals surface area contributed by atoms with Gasteiger partial charge in [0.15, 0.2) is 17.1 Å². The second-order valence-corrected chi connectivity index (χ2v) is 8.63. The Hall–Kier alpha value is -3.91. The summed E-state index contributed by atoms with van der Waals surface area (Å²) >= 11 is 0. The highest BCUT2D eigenvalue weighted by Crippen LogP contribution is 2.40. The summed E-state index contributed by atoms with van der Waals surface area (Å²) in [6.07, 6.45) is 4.90. The summed E-state index contributed by atoms with van der Waals surface area (Å²) in [6, 6.07) is 17.9. The lowest BCUT2D eigenvalue weighted by Gasteiger charge is -2.38. The lowest BCUT2D eigenvalue weighted by atomic mass is 9.74. The summed E-state index contributed by atoms with van der Waals surface area (Å²) in [5, 5.41) is 7.62. The van der Waals surface area contributed by atoms with Crippen molar-refractivity contribution < 1.29 is 19.0 Å². The summed E-state index contributed by atoms with van der Waals surface area (Å²) < 4.78 is 18.4. The Morgan fingerprint density at radius 2 is 1.85 bits per heavy atom. The Morgan fingerprint density at radius 1 is 1.03 bits per heavy atom. The number of hydrogen-bond donors (Lipinski definition) is 1. The van der Waals surface area contributed by atoms with Crippen LogP contribution in [0, 0.1) is 0 Å². The molecular weight excluding hydrogens is 432 g/mol. The van der Waals surface area contributed by atoms with E-state index in [0.29, 0.717) is 31.0 Å². The fourth-order valence-electron chi connectivity index (χ4n) is 4.78. The average Bonchev–Trinajstić information content (AvgIpc) is 3.55. The van der Waals surface area contributed by atoms with Crippen LogP contribution in [-0.4, -0.2) is 47.1 Å². The summed E-state index contributed by atoms with van der Waals surface area (Å²) in [5.41, 5.74) is 3.73. The smallest absolute Gasteiger partial charge is 0.256 e. The Bertz CT molecular complexity index is 1350. The van der Waals surface area contributed by atoms with Crippen LogP contribution in [0.25, 0.3) is 16.9 Å². The predicted molar refractivity (Wildman–Crippen MR) is 125 cm³/mol. The number of amides is 1. The maximum absolute atomic E-state index is 13.3. The van der Waals surface area contributed by atoms with E-state index in [0.717, 1.165) is 41.2 Å². The van der Waals surface area contributed by atoms with Gasteiger partial charge in [0.25, 0.3) is 5.91 Å². The van der Waals surface area contributed by atoms with Crippen molar-refractivity contribution in [1.29, 1.82) is 0 Å². The summed E-state index contributed by atoms with van der Waals surface area (Å²) in [6.45, 7) is 1.99. The van der Waals surface area contributed by atoms with E-state index in [1.54, 1.807) is 16.9 Å². The number of carbonyl (C=O) groups excluding carboxylic acids is 1.